The van der Waals surface area contributed by atoms with Crippen LogP contribution in [0.3, 0.4) is 0 Å². The van der Waals surface area contributed by atoms with Crippen molar-refractivity contribution in [3.8, 4) is 0 Å². The second kappa shape index (κ2) is 4.79. The molecule has 0 aromatic heterocycles. The van der Waals surface area contributed by atoms with Gasteiger partial charge in [0.05, 0.1) is 0 Å². The molecule has 92 valence electrons. The number of amides is 1. The average molecular weight is 240 g/mol. The molecule has 2 N–H and O–H groups in total. The lowest BCUT2D eigenvalue weighted by Crippen LogP contribution is -2.30. The Morgan fingerprint density at radius 3 is 2.53 bits per heavy atom. The minimum Gasteiger partial charge on any atom is -0.338 e. The maximum absolute atomic E-state index is 13.0. The zero-order valence-corrected chi connectivity index (χ0v) is 9.33. The molecule has 2 rings (SSSR count). The molecule has 1 heterocycles. The molecule has 5 heteroatoms. The lowest BCUT2D eigenvalue weighted by atomic mass is 10.1. The minimum atomic E-state index is -0.733. The van der Waals surface area contributed by atoms with Crippen molar-refractivity contribution < 1.29 is 13.6 Å². The third-order valence-corrected chi connectivity index (χ3v) is 3.02. The quantitative estimate of drug-likeness (QED) is 0.849. The van der Waals surface area contributed by atoms with Crippen LogP contribution in [0.15, 0.2) is 18.2 Å². The first kappa shape index (κ1) is 12.0. The molecule has 0 saturated carbocycles. The van der Waals surface area contributed by atoms with E-state index in [1.54, 1.807) is 4.90 Å². The number of nitrogens with two attached hydrogens (primary N) is 1. The van der Waals surface area contributed by atoms with E-state index >= 15 is 0 Å². The van der Waals surface area contributed by atoms with Crippen LogP contribution in [-0.4, -0.2) is 30.4 Å². The van der Waals surface area contributed by atoms with Gasteiger partial charge in [-0.25, -0.2) is 8.78 Å². The molecule has 0 bridgehead atoms. The zero-order chi connectivity index (χ0) is 12.4. The van der Waals surface area contributed by atoms with E-state index in [0.29, 0.717) is 19.6 Å². The fraction of sp³-hybridized carbons (Fsp3) is 0.417. The Hall–Kier alpha value is -1.49. The summed E-state index contributed by atoms with van der Waals surface area (Å²) in [6, 6.07) is 2.87. The number of carbonyl (C=O) groups excluding carboxylic acids is 1. The second-order valence-electron chi connectivity index (χ2n) is 4.30. The molecule has 0 aliphatic carbocycles. The first-order chi connectivity index (χ1) is 8.10. The molecule has 0 spiro atoms. The topological polar surface area (TPSA) is 46.3 Å². The third kappa shape index (κ3) is 2.61. The van der Waals surface area contributed by atoms with Crippen LogP contribution < -0.4 is 5.73 Å². The minimum absolute atomic E-state index is 0.0557. The first-order valence-electron chi connectivity index (χ1n) is 5.55. The number of hydrogen-bond donors (Lipinski definition) is 1. The van der Waals surface area contributed by atoms with Crippen LogP contribution in [0.25, 0.3) is 0 Å². The number of likely N-dealkylation sites (tertiary alicyclic amines) is 1. The van der Waals surface area contributed by atoms with Crippen molar-refractivity contribution in [1.29, 1.82) is 0 Å². The van der Waals surface area contributed by atoms with Gasteiger partial charge in [0, 0.05) is 24.7 Å². The van der Waals surface area contributed by atoms with Crippen LogP contribution in [0.2, 0.25) is 0 Å². The van der Waals surface area contributed by atoms with E-state index in [1.165, 1.54) is 0 Å². The van der Waals surface area contributed by atoms with Crippen molar-refractivity contribution >= 4 is 5.91 Å². The Bertz CT molecular complexity index is 416. The van der Waals surface area contributed by atoms with E-state index < -0.39 is 11.6 Å². The van der Waals surface area contributed by atoms with Crippen LogP contribution in [0.4, 0.5) is 8.78 Å². The molecule has 1 aliphatic rings. The summed E-state index contributed by atoms with van der Waals surface area (Å²) in [6.07, 6.45) is 0.847. The first-order valence-corrected chi connectivity index (χ1v) is 5.55. The van der Waals surface area contributed by atoms with Gasteiger partial charge in [-0.3, -0.25) is 4.79 Å². The predicted octanol–water partition coefficient (Wildman–Crippen LogP) is 1.39. The summed E-state index contributed by atoms with van der Waals surface area (Å²) in [5.41, 5.74) is 5.58. The van der Waals surface area contributed by atoms with E-state index in [4.69, 9.17) is 5.73 Å². The SMILES string of the molecule is NC[C@@H]1CCN(C(=O)c2cc(F)cc(F)c2)C1. The Kier molecular flexibility index (Phi) is 3.38. The van der Waals surface area contributed by atoms with Gasteiger partial charge in [-0.1, -0.05) is 0 Å². The molecule has 1 atom stereocenters. The molecule has 1 aromatic carbocycles. The maximum Gasteiger partial charge on any atom is 0.254 e. The van der Waals surface area contributed by atoms with Gasteiger partial charge in [0.15, 0.2) is 0 Å². The number of rotatable bonds is 2. The van der Waals surface area contributed by atoms with Crippen molar-refractivity contribution in [3.05, 3.63) is 35.4 Å². The van der Waals surface area contributed by atoms with E-state index in [0.717, 1.165) is 24.6 Å². The Morgan fingerprint density at radius 1 is 1.35 bits per heavy atom. The fourth-order valence-corrected chi connectivity index (χ4v) is 2.07. The van der Waals surface area contributed by atoms with Gasteiger partial charge in [-0.05, 0) is 31.0 Å². The van der Waals surface area contributed by atoms with Gasteiger partial charge in [0.25, 0.3) is 5.91 Å². The third-order valence-electron chi connectivity index (χ3n) is 3.02. The largest absolute Gasteiger partial charge is 0.338 e. The summed E-state index contributed by atoms with van der Waals surface area (Å²) in [4.78, 5) is 13.6. The summed E-state index contributed by atoms with van der Waals surface area (Å²) in [6.45, 7) is 1.69. The molecule has 3 nitrogen and oxygen atoms in total. The molecular weight excluding hydrogens is 226 g/mol. The molecule has 1 fully saturated rings. The van der Waals surface area contributed by atoms with Crippen molar-refractivity contribution in [2.75, 3.05) is 19.6 Å². The Balaban J connectivity index is 2.14. The molecule has 1 saturated heterocycles. The van der Waals surface area contributed by atoms with E-state index in [1.807, 2.05) is 0 Å². The van der Waals surface area contributed by atoms with Crippen LogP contribution in [0, 0.1) is 17.6 Å². The summed E-state index contributed by atoms with van der Waals surface area (Å²) in [7, 11) is 0. The Labute approximate surface area is 98.2 Å². The fourth-order valence-electron chi connectivity index (χ4n) is 2.07. The van der Waals surface area contributed by atoms with E-state index in [9.17, 15) is 13.6 Å². The van der Waals surface area contributed by atoms with Gasteiger partial charge >= 0.3 is 0 Å². The molecule has 17 heavy (non-hydrogen) atoms. The molecule has 0 radical (unpaired) electrons. The standard InChI is InChI=1S/C12H14F2N2O/c13-10-3-9(4-11(14)5-10)12(17)16-2-1-8(6-15)7-16/h3-5,8H,1-2,6-7,15H2/t8-/m0/s1. The molecule has 0 unspecified atom stereocenters. The normalized spacial score (nSPS) is 19.7. The predicted molar refractivity (Wildman–Crippen MR) is 59.4 cm³/mol. The highest BCUT2D eigenvalue weighted by Crippen LogP contribution is 2.18. The smallest absolute Gasteiger partial charge is 0.254 e. The van der Waals surface area contributed by atoms with Gasteiger partial charge in [-0.15, -0.1) is 0 Å². The van der Waals surface area contributed by atoms with Crippen molar-refractivity contribution in [2.45, 2.75) is 6.42 Å². The number of nitrogens with zero attached hydrogens (tertiary/aromatic N) is 1. The van der Waals surface area contributed by atoms with Crippen LogP contribution >= 0.6 is 0 Å². The average Bonchev–Trinajstić information content (AvgIpc) is 2.75. The van der Waals surface area contributed by atoms with Gasteiger partial charge < -0.3 is 10.6 Å². The van der Waals surface area contributed by atoms with E-state index in [-0.39, 0.29) is 17.4 Å². The highest BCUT2D eigenvalue weighted by Gasteiger charge is 2.26. The van der Waals surface area contributed by atoms with Crippen molar-refractivity contribution in [3.63, 3.8) is 0 Å². The van der Waals surface area contributed by atoms with E-state index in [2.05, 4.69) is 0 Å². The lowest BCUT2D eigenvalue weighted by molar-refractivity contribution is 0.0786. The number of benzene rings is 1. The van der Waals surface area contributed by atoms with Gasteiger partial charge in [-0.2, -0.15) is 0 Å². The van der Waals surface area contributed by atoms with Crippen molar-refractivity contribution in [2.24, 2.45) is 11.7 Å². The number of halogens is 2. The summed E-state index contributed by atoms with van der Waals surface area (Å²) >= 11 is 0. The second-order valence-corrected chi connectivity index (χ2v) is 4.30. The van der Waals surface area contributed by atoms with Gasteiger partial charge in [0.1, 0.15) is 11.6 Å². The summed E-state index contributed by atoms with van der Waals surface area (Å²) in [5.74, 6) is -1.51. The van der Waals surface area contributed by atoms with Crippen LogP contribution in [-0.2, 0) is 0 Å². The summed E-state index contributed by atoms with van der Waals surface area (Å²) < 4.78 is 26.0. The van der Waals surface area contributed by atoms with Gasteiger partial charge in [0.2, 0.25) is 0 Å². The number of hydrogen-bond acceptors (Lipinski definition) is 2. The maximum atomic E-state index is 13.0. The lowest BCUT2D eigenvalue weighted by Gasteiger charge is -2.16. The highest BCUT2D eigenvalue weighted by atomic mass is 19.1. The molecule has 1 amide bonds. The molecule has 1 aliphatic heterocycles. The summed E-state index contributed by atoms with van der Waals surface area (Å²) in [5, 5.41) is 0. The molecule has 1 aromatic rings. The van der Waals surface area contributed by atoms with Crippen molar-refractivity contribution in [1.82, 2.24) is 4.90 Å². The monoisotopic (exact) mass is 240 g/mol. The van der Waals surface area contributed by atoms with Crippen LogP contribution in [0.1, 0.15) is 16.8 Å². The Morgan fingerprint density at radius 2 is 2.00 bits per heavy atom. The van der Waals surface area contributed by atoms with Crippen LogP contribution in [0.5, 0.6) is 0 Å². The molecular formula is C12H14F2N2O. The highest BCUT2D eigenvalue weighted by molar-refractivity contribution is 5.94. The zero-order valence-electron chi connectivity index (χ0n) is 9.33. The number of carbonyl (C=O) groups is 1.